The predicted molar refractivity (Wildman–Crippen MR) is 81.8 cm³/mol. The van der Waals surface area contributed by atoms with Gasteiger partial charge in [-0.2, -0.15) is 0 Å². The number of carboxylic acids is 1. The van der Waals surface area contributed by atoms with E-state index in [-0.39, 0.29) is 11.5 Å². The molecular formula is C17H18N2O3. The Hall–Kier alpha value is -2.66. The Balaban J connectivity index is 0.000000396. The molecule has 0 radical (unpaired) electrons. The summed E-state index contributed by atoms with van der Waals surface area (Å²) in [6.07, 6.45) is 0. The van der Waals surface area contributed by atoms with Crippen LogP contribution in [0.2, 0.25) is 0 Å². The Morgan fingerprint density at radius 3 is 2.36 bits per heavy atom. The fourth-order valence-corrected chi connectivity index (χ4v) is 1.84. The maximum atomic E-state index is 11.0. The van der Waals surface area contributed by atoms with E-state index >= 15 is 0 Å². The van der Waals surface area contributed by atoms with Crippen LogP contribution in [0.3, 0.4) is 0 Å². The van der Waals surface area contributed by atoms with Gasteiger partial charge in [-0.3, -0.25) is 0 Å². The summed E-state index contributed by atoms with van der Waals surface area (Å²) in [7, 11) is 0. The number of aromatic carboxylic acids is 1. The molecule has 0 aliphatic heterocycles. The van der Waals surface area contributed by atoms with Crippen LogP contribution in [0.25, 0.3) is 22.6 Å². The number of carboxylic acid groups (broad SMARTS) is 1. The Morgan fingerprint density at radius 2 is 1.73 bits per heavy atom. The van der Waals surface area contributed by atoms with Gasteiger partial charge in [0.1, 0.15) is 5.52 Å². The van der Waals surface area contributed by atoms with Gasteiger partial charge in [0, 0.05) is 11.1 Å². The molecule has 3 aromatic rings. The molecule has 0 fully saturated rings. The molecule has 0 atom stereocenters. The number of aromatic nitrogens is 1. The largest absolute Gasteiger partial charge is 0.545 e. The number of quaternary nitrogens is 1. The van der Waals surface area contributed by atoms with Gasteiger partial charge in [0.15, 0.2) is 5.58 Å². The number of benzene rings is 2. The number of rotatable bonds is 2. The number of para-hydroxylation sites is 2. The molecule has 22 heavy (non-hydrogen) atoms. The Morgan fingerprint density at radius 1 is 1.14 bits per heavy atom. The van der Waals surface area contributed by atoms with Gasteiger partial charge < -0.3 is 20.1 Å². The summed E-state index contributed by atoms with van der Waals surface area (Å²) in [4.78, 5) is 15.3. The molecule has 3 N–H and O–H groups in total. The van der Waals surface area contributed by atoms with Crippen molar-refractivity contribution in [2.45, 2.75) is 19.9 Å². The molecule has 5 heteroatoms. The van der Waals surface area contributed by atoms with E-state index in [1.165, 1.54) is 6.07 Å². The molecule has 0 spiro atoms. The van der Waals surface area contributed by atoms with Crippen molar-refractivity contribution in [3.63, 3.8) is 0 Å². The second-order valence-electron chi connectivity index (χ2n) is 5.21. The molecule has 1 heterocycles. The van der Waals surface area contributed by atoms with Gasteiger partial charge in [0.25, 0.3) is 0 Å². The number of nitrogens with zero attached hydrogens (tertiary/aromatic N) is 1. The van der Waals surface area contributed by atoms with E-state index in [2.05, 4.69) is 24.6 Å². The molecule has 3 rings (SSSR count). The number of carbonyl (C=O) groups is 1. The van der Waals surface area contributed by atoms with Gasteiger partial charge in [-0.05, 0) is 32.0 Å². The van der Waals surface area contributed by atoms with Gasteiger partial charge >= 0.3 is 0 Å². The molecule has 2 aromatic carbocycles. The van der Waals surface area contributed by atoms with Gasteiger partial charge in [0.05, 0.1) is 12.0 Å². The monoisotopic (exact) mass is 298 g/mol. The lowest BCUT2D eigenvalue weighted by atomic mass is 10.1. The summed E-state index contributed by atoms with van der Waals surface area (Å²) in [5, 5.41) is 11.0. The topological polar surface area (TPSA) is 93.8 Å². The van der Waals surface area contributed by atoms with Crippen LogP contribution in [0.15, 0.2) is 52.9 Å². The fourth-order valence-electron chi connectivity index (χ4n) is 1.84. The molecule has 0 amide bonds. The van der Waals surface area contributed by atoms with Gasteiger partial charge in [-0.25, -0.2) is 4.98 Å². The molecule has 0 unspecified atom stereocenters. The quantitative estimate of drug-likeness (QED) is 0.775. The van der Waals surface area contributed by atoms with E-state index in [4.69, 9.17) is 4.42 Å². The highest BCUT2D eigenvalue weighted by Gasteiger charge is 2.11. The van der Waals surface area contributed by atoms with Crippen LogP contribution in [0, 0.1) is 0 Å². The summed E-state index contributed by atoms with van der Waals surface area (Å²) < 4.78 is 5.54. The van der Waals surface area contributed by atoms with Crippen molar-refractivity contribution in [1.29, 1.82) is 0 Å². The van der Waals surface area contributed by atoms with Gasteiger partial charge in [-0.1, -0.05) is 30.3 Å². The van der Waals surface area contributed by atoms with Crippen LogP contribution in [-0.4, -0.2) is 17.0 Å². The average Bonchev–Trinajstić information content (AvgIpc) is 2.90. The molecule has 5 nitrogen and oxygen atoms in total. The highest BCUT2D eigenvalue weighted by molar-refractivity contribution is 5.94. The summed E-state index contributed by atoms with van der Waals surface area (Å²) in [6.45, 7) is 4.11. The van der Waals surface area contributed by atoms with Crippen molar-refractivity contribution in [1.82, 2.24) is 4.98 Å². The minimum Gasteiger partial charge on any atom is -0.545 e. The smallest absolute Gasteiger partial charge is 0.227 e. The second kappa shape index (κ2) is 6.87. The van der Waals surface area contributed by atoms with Crippen LogP contribution in [-0.2, 0) is 0 Å². The van der Waals surface area contributed by atoms with Crippen LogP contribution >= 0.6 is 0 Å². The van der Waals surface area contributed by atoms with Crippen LogP contribution < -0.4 is 10.8 Å². The molecule has 0 saturated heterocycles. The van der Waals surface area contributed by atoms with Crippen molar-refractivity contribution in [2.75, 3.05) is 0 Å². The average molecular weight is 298 g/mol. The van der Waals surface area contributed by atoms with E-state index in [1.54, 1.807) is 24.3 Å². The van der Waals surface area contributed by atoms with E-state index in [9.17, 15) is 9.90 Å². The highest BCUT2D eigenvalue weighted by Crippen LogP contribution is 2.26. The van der Waals surface area contributed by atoms with Crippen LogP contribution in [0.5, 0.6) is 0 Å². The number of hydrogen-bond acceptors (Lipinski definition) is 4. The van der Waals surface area contributed by atoms with Crippen molar-refractivity contribution >= 4 is 17.1 Å². The summed E-state index contributed by atoms with van der Waals surface area (Å²) in [6, 6.07) is 14.3. The van der Waals surface area contributed by atoms with Crippen molar-refractivity contribution < 1.29 is 20.1 Å². The van der Waals surface area contributed by atoms with Gasteiger partial charge in [0.2, 0.25) is 5.89 Å². The normalized spacial score (nSPS) is 10.4. The first-order chi connectivity index (χ1) is 10.5. The van der Waals surface area contributed by atoms with E-state index in [0.29, 0.717) is 22.7 Å². The first-order valence-corrected chi connectivity index (χ1v) is 6.98. The zero-order chi connectivity index (χ0) is 16.1. The number of hydrogen-bond donors (Lipinski definition) is 1. The highest BCUT2D eigenvalue weighted by atomic mass is 16.4. The Kier molecular flexibility index (Phi) is 4.91. The lowest BCUT2D eigenvalue weighted by Gasteiger charge is -2.06. The van der Waals surface area contributed by atoms with E-state index in [1.807, 2.05) is 18.2 Å². The van der Waals surface area contributed by atoms with Crippen LogP contribution in [0.4, 0.5) is 0 Å². The minimum absolute atomic E-state index is 0.0732. The third-order valence-electron chi connectivity index (χ3n) is 2.67. The summed E-state index contributed by atoms with van der Waals surface area (Å²) in [5.74, 6) is -0.955. The van der Waals surface area contributed by atoms with Crippen molar-refractivity contribution in [3.8, 4) is 11.5 Å². The lowest BCUT2D eigenvalue weighted by Crippen LogP contribution is -2.57. The van der Waals surface area contributed by atoms with E-state index < -0.39 is 5.97 Å². The second-order valence-corrected chi connectivity index (χ2v) is 5.21. The maximum absolute atomic E-state index is 11.0. The third-order valence-corrected chi connectivity index (χ3v) is 2.67. The van der Waals surface area contributed by atoms with E-state index in [0.717, 1.165) is 0 Å². The number of carbonyl (C=O) groups excluding carboxylic acids is 1. The van der Waals surface area contributed by atoms with Crippen molar-refractivity contribution in [2.24, 2.45) is 0 Å². The molecule has 1 aromatic heterocycles. The SMILES string of the molecule is CC(C)[NH3+].O=C([O-])c1ccccc1-c1nc2ccccc2o1. The molecular weight excluding hydrogens is 280 g/mol. The zero-order valence-electron chi connectivity index (χ0n) is 12.6. The van der Waals surface area contributed by atoms with Crippen LogP contribution in [0.1, 0.15) is 24.2 Å². The van der Waals surface area contributed by atoms with Crippen molar-refractivity contribution in [3.05, 3.63) is 54.1 Å². The fraction of sp³-hybridized carbons (Fsp3) is 0.176. The molecule has 0 saturated carbocycles. The Labute approximate surface area is 128 Å². The molecule has 114 valence electrons. The van der Waals surface area contributed by atoms with Gasteiger partial charge in [-0.15, -0.1) is 0 Å². The summed E-state index contributed by atoms with van der Waals surface area (Å²) in [5.41, 5.74) is 5.46. The first-order valence-electron chi connectivity index (χ1n) is 6.98. The molecule has 0 aliphatic rings. The third kappa shape index (κ3) is 3.71. The summed E-state index contributed by atoms with van der Waals surface area (Å²) >= 11 is 0. The molecule has 0 aliphatic carbocycles. The minimum atomic E-state index is -1.24. The first kappa shape index (κ1) is 15.7. The molecule has 0 bridgehead atoms. The Bertz CT molecular complexity index is 742. The number of fused-ring (bicyclic) bond motifs is 1. The standard InChI is InChI=1S/C14H9NO3.C3H9N/c16-14(17)10-6-2-1-5-9(10)13-15-11-7-3-4-8-12(11)18-13;1-3(2)4/h1-8H,(H,16,17);3H,4H2,1-2H3. The maximum Gasteiger partial charge on any atom is 0.227 e. The lowest BCUT2D eigenvalue weighted by molar-refractivity contribution is -0.407. The zero-order valence-corrected chi connectivity index (χ0v) is 12.6. The number of oxazole rings is 1. The predicted octanol–water partition coefficient (Wildman–Crippen LogP) is 1.50.